The zero-order valence-corrected chi connectivity index (χ0v) is 19.1. The van der Waals surface area contributed by atoms with Crippen LogP contribution in [0.3, 0.4) is 0 Å². The Bertz CT molecular complexity index is 990. The number of alkyl halides is 6. The fourth-order valence-corrected chi connectivity index (χ4v) is 4.20. The first-order chi connectivity index (χ1) is 16.4. The Hall–Kier alpha value is -2.69. The van der Waals surface area contributed by atoms with E-state index in [-0.39, 0.29) is 0 Å². The first-order valence-corrected chi connectivity index (χ1v) is 10.4. The van der Waals surface area contributed by atoms with Gasteiger partial charge in [0.05, 0.1) is 18.1 Å². The number of ether oxygens (including phenoxy) is 2. The Morgan fingerprint density at radius 1 is 1.03 bits per heavy atom. The van der Waals surface area contributed by atoms with E-state index in [4.69, 9.17) is 11.6 Å². The van der Waals surface area contributed by atoms with E-state index < -0.39 is 87.9 Å². The molecule has 0 spiro atoms. The average Bonchev–Trinajstić information content (AvgIpc) is 2.72. The Labute approximate surface area is 203 Å². The molecule has 0 aliphatic carbocycles. The molecule has 0 bridgehead atoms. The highest BCUT2D eigenvalue weighted by molar-refractivity contribution is 6.32. The largest absolute Gasteiger partial charge is 0.466 e. The lowest BCUT2D eigenvalue weighted by atomic mass is 9.64. The summed E-state index contributed by atoms with van der Waals surface area (Å²) in [5, 5.41) is 32.5. The van der Waals surface area contributed by atoms with E-state index in [1.54, 1.807) is 0 Å². The second kappa shape index (κ2) is 9.99. The van der Waals surface area contributed by atoms with Crippen LogP contribution in [0.15, 0.2) is 18.2 Å². The van der Waals surface area contributed by atoms with Crippen molar-refractivity contribution in [2.24, 2.45) is 11.8 Å². The van der Waals surface area contributed by atoms with E-state index in [9.17, 15) is 56.3 Å². The van der Waals surface area contributed by atoms with Gasteiger partial charge in [-0.15, -0.1) is 0 Å². The monoisotopic (exact) mass is 552 g/mol. The minimum Gasteiger partial charge on any atom is -0.466 e. The molecule has 1 heterocycles. The number of carbonyl (C=O) groups excluding carboxylic acids is 2. The number of nitro groups is 1. The molecule has 4 unspecified atom stereocenters. The van der Waals surface area contributed by atoms with Crippen LogP contribution in [-0.2, 0) is 19.1 Å². The van der Waals surface area contributed by atoms with Crippen molar-refractivity contribution in [3.8, 4) is 0 Å². The molecule has 0 aromatic heterocycles. The van der Waals surface area contributed by atoms with E-state index in [2.05, 4.69) is 9.47 Å². The van der Waals surface area contributed by atoms with Crippen molar-refractivity contribution in [1.29, 1.82) is 0 Å². The van der Waals surface area contributed by atoms with Crippen LogP contribution in [0.4, 0.5) is 32.0 Å². The van der Waals surface area contributed by atoms with Gasteiger partial charge in [-0.05, 0) is 25.5 Å². The Kier molecular flexibility index (Phi) is 8.20. The SMILES string of the molecule is CCOC(=O)C1C(c2ccc(Cl)c([N+](=O)[O-])c2)C(C(=O)OCC)C(O)(C(F)(F)F)NC1(O)C(F)(F)F. The van der Waals surface area contributed by atoms with Crippen LogP contribution < -0.4 is 5.32 Å². The van der Waals surface area contributed by atoms with Crippen LogP contribution in [0.25, 0.3) is 0 Å². The maximum atomic E-state index is 14.1. The molecule has 1 saturated heterocycles. The van der Waals surface area contributed by atoms with Gasteiger partial charge < -0.3 is 19.7 Å². The summed E-state index contributed by atoms with van der Waals surface area (Å²) >= 11 is 5.69. The van der Waals surface area contributed by atoms with Crippen LogP contribution in [0, 0.1) is 22.0 Å². The number of carbonyl (C=O) groups is 2. The predicted molar refractivity (Wildman–Crippen MR) is 106 cm³/mol. The highest BCUT2D eigenvalue weighted by Crippen LogP contribution is 2.56. The average molecular weight is 553 g/mol. The third-order valence-electron chi connectivity index (χ3n) is 5.50. The molecule has 4 atom stereocenters. The second-order valence-electron chi connectivity index (χ2n) is 7.61. The summed E-state index contributed by atoms with van der Waals surface area (Å²) in [5.74, 6) is -12.7. The Morgan fingerprint density at radius 2 is 1.44 bits per heavy atom. The number of rotatable bonds is 6. The minimum absolute atomic E-state index is 0.421. The van der Waals surface area contributed by atoms with Crippen molar-refractivity contribution in [1.82, 2.24) is 5.32 Å². The summed E-state index contributed by atoms with van der Waals surface area (Å²) in [6.45, 7) is 1.06. The number of halogens is 7. The van der Waals surface area contributed by atoms with Crippen molar-refractivity contribution in [3.63, 3.8) is 0 Å². The van der Waals surface area contributed by atoms with Gasteiger partial charge in [-0.25, -0.2) is 5.32 Å². The highest BCUT2D eigenvalue weighted by atomic mass is 35.5. The molecule has 1 fully saturated rings. The zero-order valence-electron chi connectivity index (χ0n) is 18.3. The Morgan fingerprint density at radius 3 is 1.78 bits per heavy atom. The van der Waals surface area contributed by atoms with Crippen molar-refractivity contribution in [3.05, 3.63) is 38.9 Å². The standard InChI is InChI=1S/C19H19ClF6N2O8/c1-3-35-14(29)12-11(8-5-6-9(20)10(7-8)28(33)34)13(15(30)36-4-2)17(32,19(24,25)26)27-16(12,31)18(21,22)23/h5-7,11-13,27,31-32H,3-4H2,1-2H3. The first-order valence-electron chi connectivity index (χ1n) is 10.0. The molecule has 1 aromatic carbocycles. The lowest BCUT2D eigenvalue weighted by Crippen LogP contribution is -2.81. The third-order valence-corrected chi connectivity index (χ3v) is 5.82. The number of nitrogens with one attached hydrogen (secondary N) is 1. The second-order valence-corrected chi connectivity index (χ2v) is 8.01. The molecule has 1 aliphatic heterocycles. The van der Waals surface area contributed by atoms with Gasteiger partial charge in [0.1, 0.15) is 16.9 Å². The van der Waals surface area contributed by atoms with Gasteiger partial charge >= 0.3 is 24.3 Å². The number of hydrogen-bond acceptors (Lipinski definition) is 9. The lowest BCUT2D eigenvalue weighted by molar-refractivity contribution is -0.385. The maximum Gasteiger partial charge on any atom is 0.432 e. The van der Waals surface area contributed by atoms with E-state index in [1.165, 1.54) is 0 Å². The summed E-state index contributed by atoms with van der Waals surface area (Å²) in [7, 11) is 0. The molecule has 0 amide bonds. The van der Waals surface area contributed by atoms with Crippen LogP contribution >= 0.6 is 11.6 Å². The Balaban J connectivity index is 3.06. The summed E-state index contributed by atoms with van der Waals surface area (Å²) in [6.07, 6.45) is -12.2. The summed E-state index contributed by atoms with van der Waals surface area (Å²) in [4.78, 5) is 35.6. The molecule has 0 radical (unpaired) electrons. The van der Waals surface area contributed by atoms with Gasteiger partial charge in [-0.2, -0.15) is 26.3 Å². The highest BCUT2D eigenvalue weighted by Gasteiger charge is 2.78. The van der Waals surface area contributed by atoms with Crippen molar-refractivity contribution < 1.29 is 60.5 Å². The smallest absolute Gasteiger partial charge is 0.432 e. The van der Waals surface area contributed by atoms with Gasteiger partial charge in [0.15, 0.2) is 0 Å². The molecule has 202 valence electrons. The minimum atomic E-state index is -6.08. The quantitative estimate of drug-likeness (QED) is 0.210. The molecule has 3 N–H and O–H groups in total. The fraction of sp³-hybridized carbons (Fsp3) is 0.579. The van der Waals surface area contributed by atoms with Crippen molar-refractivity contribution in [2.75, 3.05) is 13.2 Å². The van der Waals surface area contributed by atoms with Crippen LogP contribution in [0.5, 0.6) is 0 Å². The van der Waals surface area contributed by atoms with Crippen LogP contribution in [0.1, 0.15) is 25.3 Å². The zero-order chi connectivity index (χ0) is 27.9. The maximum absolute atomic E-state index is 14.1. The molecule has 36 heavy (non-hydrogen) atoms. The molecule has 2 rings (SSSR count). The molecule has 17 heteroatoms. The van der Waals surface area contributed by atoms with Gasteiger partial charge in [-0.1, -0.05) is 17.7 Å². The fourth-order valence-electron chi connectivity index (χ4n) is 4.01. The number of aliphatic hydroxyl groups is 2. The van der Waals surface area contributed by atoms with Crippen molar-refractivity contribution >= 4 is 29.2 Å². The summed E-state index contributed by atoms with van der Waals surface area (Å²) in [5.41, 5.74) is -11.5. The van der Waals surface area contributed by atoms with Gasteiger partial charge in [0.2, 0.25) is 11.4 Å². The molecule has 1 aromatic rings. The van der Waals surface area contributed by atoms with Crippen LogP contribution in [-0.4, -0.2) is 64.1 Å². The molecule has 1 aliphatic rings. The molecule has 0 saturated carbocycles. The number of nitrogens with zero attached hydrogens (tertiary/aromatic N) is 1. The number of nitro benzene ring substituents is 1. The van der Waals surface area contributed by atoms with Gasteiger partial charge in [0, 0.05) is 12.0 Å². The topological polar surface area (TPSA) is 148 Å². The summed E-state index contributed by atoms with van der Waals surface area (Å²) < 4.78 is 93.7. The van der Waals surface area contributed by atoms with Gasteiger partial charge in [-0.3, -0.25) is 19.7 Å². The van der Waals surface area contributed by atoms with E-state index >= 15 is 0 Å². The number of hydrogen-bond donors (Lipinski definition) is 3. The third kappa shape index (κ3) is 4.94. The molecular formula is C19H19ClF6N2O8. The lowest BCUT2D eigenvalue weighted by Gasteiger charge is -2.54. The molecular weight excluding hydrogens is 534 g/mol. The van der Waals surface area contributed by atoms with E-state index in [0.29, 0.717) is 17.4 Å². The number of esters is 2. The normalized spacial score (nSPS) is 28.9. The van der Waals surface area contributed by atoms with E-state index in [1.807, 2.05) is 0 Å². The predicted octanol–water partition coefficient (Wildman–Crippen LogP) is 2.80. The molecule has 10 nitrogen and oxygen atoms in total. The van der Waals surface area contributed by atoms with Crippen LogP contribution in [0.2, 0.25) is 5.02 Å². The van der Waals surface area contributed by atoms with Crippen molar-refractivity contribution in [2.45, 2.75) is 43.6 Å². The number of piperidine rings is 1. The van der Waals surface area contributed by atoms with Gasteiger partial charge in [0.25, 0.3) is 5.69 Å². The number of benzene rings is 1. The van der Waals surface area contributed by atoms with E-state index in [0.717, 1.165) is 19.9 Å². The first kappa shape index (κ1) is 29.5. The summed E-state index contributed by atoms with van der Waals surface area (Å²) in [6, 6.07) is 1.85.